The van der Waals surface area contributed by atoms with Crippen LogP contribution in [0.25, 0.3) is 27.5 Å². The Labute approximate surface area is 241 Å². The van der Waals surface area contributed by atoms with Crippen LogP contribution in [0.1, 0.15) is 27.7 Å². The average molecular weight is 536 g/mol. The molecule has 0 atom stereocenters. The monoisotopic (exact) mass is 536 g/mol. The molecule has 0 aliphatic carbocycles. The molecular weight excluding hydrogens is 503 g/mol. The minimum absolute atomic E-state index is 0.397. The normalized spacial score (nSPS) is 16.0. The zero-order valence-electron chi connectivity index (χ0n) is 23.9. The van der Waals surface area contributed by atoms with Crippen LogP contribution < -0.4 is 10.4 Å². The van der Waals surface area contributed by atoms with E-state index < -0.39 is 18.3 Å². The summed E-state index contributed by atoms with van der Waals surface area (Å²) in [6, 6.07) is 45.0. The number of nitrogens with zero attached hydrogens (tertiary/aromatic N) is 2. The standard InChI is InChI=1S/C36H33BN2O2/c1-35(2)36(3,4)41-37(40-35)26-22-23-32-31-20-11-12-21-33(31)39(34(32)24-26)30-19-13-18-29(25-30)38(27-14-7-5-8-15-27)28-16-9-6-10-17-28/h5-25H,1-4H3. The van der Waals surface area contributed by atoms with Gasteiger partial charge in [0.15, 0.2) is 0 Å². The Balaban J connectivity index is 1.41. The van der Waals surface area contributed by atoms with Crippen LogP contribution >= 0.6 is 0 Å². The first-order valence-corrected chi connectivity index (χ1v) is 14.2. The van der Waals surface area contributed by atoms with E-state index in [9.17, 15) is 0 Å². The minimum atomic E-state index is -0.422. The lowest BCUT2D eigenvalue weighted by Gasteiger charge is -2.32. The van der Waals surface area contributed by atoms with E-state index in [2.05, 4.69) is 165 Å². The molecule has 202 valence electrons. The molecule has 41 heavy (non-hydrogen) atoms. The molecule has 1 aromatic heterocycles. The maximum absolute atomic E-state index is 6.43. The molecule has 1 saturated heterocycles. The van der Waals surface area contributed by atoms with Gasteiger partial charge in [0.25, 0.3) is 0 Å². The van der Waals surface area contributed by atoms with Gasteiger partial charge in [-0.05, 0) is 87.8 Å². The summed E-state index contributed by atoms with van der Waals surface area (Å²) in [5, 5.41) is 2.42. The van der Waals surface area contributed by atoms with Gasteiger partial charge in [-0.2, -0.15) is 0 Å². The number of hydrogen-bond donors (Lipinski definition) is 0. The Morgan fingerprint density at radius 1 is 0.537 bits per heavy atom. The van der Waals surface area contributed by atoms with Gasteiger partial charge in [-0.3, -0.25) is 0 Å². The number of aromatic nitrogens is 1. The summed E-state index contributed by atoms with van der Waals surface area (Å²) in [6.07, 6.45) is 0. The third-order valence-corrected chi connectivity index (χ3v) is 8.60. The van der Waals surface area contributed by atoms with Crippen molar-refractivity contribution in [2.24, 2.45) is 0 Å². The van der Waals surface area contributed by atoms with E-state index in [0.717, 1.165) is 39.2 Å². The van der Waals surface area contributed by atoms with Gasteiger partial charge in [-0.1, -0.05) is 72.8 Å². The molecule has 7 rings (SSSR count). The second-order valence-electron chi connectivity index (χ2n) is 11.7. The fraction of sp³-hybridized carbons (Fsp3) is 0.167. The Hall–Kier alpha value is -4.32. The van der Waals surface area contributed by atoms with E-state index in [1.54, 1.807) is 0 Å². The first-order valence-electron chi connectivity index (χ1n) is 14.2. The molecule has 4 nitrogen and oxygen atoms in total. The topological polar surface area (TPSA) is 26.6 Å². The SMILES string of the molecule is CC1(C)OB(c2ccc3c4ccccc4n(-c4cccc(N(c5ccccc5)c5ccccc5)c4)c3c2)OC1(C)C. The molecule has 1 fully saturated rings. The lowest BCUT2D eigenvalue weighted by molar-refractivity contribution is 0.00578. The molecule has 5 heteroatoms. The van der Waals surface area contributed by atoms with Crippen molar-refractivity contribution in [3.63, 3.8) is 0 Å². The lowest BCUT2D eigenvalue weighted by Crippen LogP contribution is -2.41. The Kier molecular flexibility index (Phi) is 6.04. The molecule has 0 bridgehead atoms. The fourth-order valence-corrected chi connectivity index (χ4v) is 5.76. The molecule has 0 radical (unpaired) electrons. The molecule has 0 unspecified atom stereocenters. The highest BCUT2D eigenvalue weighted by atomic mass is 16.7. The Bertz CT molecular complexity index is 1810. The van der Waals surface area contributed by atoms with Crippen molar-refractivity contribution < 1.29 is 9.31 Å². The Morgan fingerprint density at radius 3 is 1.76 bits per heavy atom. The molecule has 0 amide bonds. The summed E-state index contributed by atoms with van der Waals surface area (Å²) in [4.78, 5) is 2.30. The van der Waals surface area contributed by atoms with E-state index in [1.807, 2.05) is 0 Å². The van der Waals surface area contributed by atoms with Crippen LogP contribution in [0.2, 0.25) is 0 Å². The fourth-order valence-electron chi connectivity index (χ4n) is 5.76. The number of para-hydroxylation sites is 3. The molecule has 2 heterocycles. The van der Waals surface area contributed by atoms with Crippen LogP contribution in [-0.2, 0) is 9.31 Å². The molecule has 0 saturated carbocycles. The van der Waals surface area contributed by atoms with E-state index in [1.165, 1.54) is 10.8 Å². The predicted octanol–water partition coefficient (Wildman–Crippen LogP) is 8.55. The summed E-state index contributed by atoms with van der Waals surface area (Å²) in [5.41, 5.74) is 6.93. The first kappa shape index (κ1) is 25.6. The van der Waals surface area contributed by atoms with Crippen molar-refractivity contribution in [2.75, 3.05) is 4.90 Å². The number of anilines is 3. The second kappa shape index (κ2) is 9.65. The van der Waals surface area contributed by atoms with E-state index >= 15 is 0 Å². The van der Waals surface area contributed by atoms with Crippen LogP contribution in [0.4, 0.5) is 17.1 Å². The average Bonchev–Trinajstić information content (AvgIpc) is 3.43. The molecule has 6 aromatic rings. The molecular formula is C36H33BN2O2. The van der Waals surface area contributed by atoms with Gasteiger partial charge in [0.05, 0.1) is 22.2 Å². The van der Waals surface area contributed by atoms with Crippen molar-refractivity contribution in [1.82, 2.24) is 4.57 Å². The second-order valence-corrected chi connectivity index (χ2v) is 11.7. The van der Waals surface area contributed by atoms with Crippen LogP contribution in [0.15, 0.2) is 127 Å². The molecule has 5 aromatic carbocycles. The number of fused-ring (bicyclic) bond motifs is 3. The van der Waals surface area contributed by atoms with Gasteiger partial charge in [-0.25, -0.2) is 0 Å². The van der Waals surface area contributed by atoms with Gasteiger partial charge >= 0.3 is 7.12 Å². The van der Waals surface area contributed by atoms with Gasteiger partial charge in [0.2, 0.25) is 0 Å². The minimum Gasteiger partial charge on any atom is -0.399 e. The largest absolute Gasteiger partial charge is 0.494 e. The maximum Gasteiger partial charge on any atom is 0.494 e. The van der Waals surface area contributed by atoms with Crippen molar-refractivity contribution in [2.45, 2.75) is 38.9 Å². The lowest BCUT2D eigenvalue weighted by atomic mass is 9.79. The van der Waals surface area contributed by atoms with Gasteiger partial charge in [0, 0.05) is 33.5 Å². The molecule has 1 aliphatic heterocycles. The highest BCUT2D eigenvalue weighted by Gasteiger charge is 2.51. The number of rotatable bonds is 5. The predicted molar refractivity (Wildman–Crippen MR) is 171 cm³/mol. The first-order chi connectivity index (χ1) is 19.8. The Morgan fingerprint density at radius 2 is 1.10 bits per heavy atom. The van der Waals surface area contributed by atoms with Crippen LogP contribution in [-0.4, -0.2) is 22.9 Å². The van der Waals surface area contributed by atoms with Gasteiger partial charge in [-0.15, -0.1) is 0 Å². The summed E-state index contributed by atoms with van der Waals surface area (Å²) < 4.78 is 15.2. The van der Waals surface area contributed by atoms with Gasteiger partial charge in [0.1, 0.15) is 0 Å². The quantitative estimate of drug-likeness (QED) is 0.207. The number of benzene rings is 5. The summed E-state index contributed by atoms with van der Waals surface area (Å²) >= 11 is 0. The molecule has 0 spiro atoms. The zero-order valence-corrected chi connectivity index (χ0v) is 23.9. The van der Waals surface area contributed by atoms with Crippen molar-refractivity contribution in [3.05, 3.63) is 127 Å². The third-order valence-electron chi connectivity index (χ3n) is 8.60. The molecule has 0 N–H and O–H groups in total. The van der Waals surface area contributed by atoms with Gasteiger partial charge < -0.3 is 18.8 Å². The van der Waals surface area contributed by atoms with E-state index in [0.29, 0.717) is 0 Å². The van der Waals surface area contributed by atoms with Crippen LogP contribution in [0, 0.1) is 0 Å². The summed E-state index contributed by atoms with van der Waals surface area (Å²) in [7, 11) is -0.422. The van der Waals surface area contributed by atoms with E-state index in [-0.39, 0.29) is 0 Å². The van der Waals surface area contributed by atoms with Crippen molar-refractivity contribution >= 4 is 51.4 Å². The summed E-state index contributed by atoms with van der Waals surface area (Å²) in [5.74, 6) is 0. The number of hydrogen-bond acceptors (Lipinski definition) is 3. The van der Waals surface area contributed by atoms with Crippen LogP contribution in [0.3, 0.4) is 0 Å². The van der Waals surface area contributed by atoms with Crippen LogP contribution in [0.5, 0.6) is 0 Å². The highest BCUT2D eigenvalue weighted by molar-refractivity contribution is 6.62. The zero-order chi connectivity index (χ0) is 28.2. The van der Waals surface area contributed by atoms with E-state index in [4.69, 9.17) is 9.31 Å². The summed E-state index contributed by atoms with van der Waals surface area (Å²) in [6.45, 7) is 8.39. The molecule has 1 aliphatic rings. The maximum atomic E-state index is 6.43. The third kappa shape index (κ3) is 4.33. The highest BCUT2D eigenvalue weighted by Crippen LogP contribution is 2.39. The smallest absolute Gasteiger partial charge is 0.399 e. The van der Waals surface area contributed by atoms with Crippen molar-refractivity contribution in [3.8, 4) is 5.69 Å². The van der Waals surface area contributed by atoms with Crippen molar-refractivity contribution in [1.29, 1.82) is 0 Å².